The Morgan fingerprint density at radius 1 is 1.58 bits per heavy atom. The number of carbonyl (C=O) groups is 1. The van der Waals surface area contributed by atoms with Gasteiger partial charge in [-0.25, -0.2) is 0 Å². The standard InChI is InChI=1S/C15H21N3O6/c1-16(10-14(19)20)8-11-9-17(6-7-24-11)12-4-3-5-13(23-2)15(12)18(21)22/h3-5,11H,6-10H2,1-2H3,(H,19,20). The Labute approximate surface area is 139 Å². The lowest BCUT2D eigenvalue weighted by atomic mass is 10.2. The average Bonchev–Trinajstić information content (AvgIpc) is 2.53. The van der Waals surface area contributed by atoms with Crippen LogP contribution in [0.15, 0.2) is 18.2 Å². The number of ether oxygens (including phenoxy) is 2. The maximum Gasteiger partial charge on any atom is 0.333 e. The Hall–Kier alpha value is -2.39. The Bertz CT molecular complexity index is 609. The van der Waals surface area contributed by atoms with Crippen molar-refractivity contribution in [3.8, 4) is 5.75 Å². The van der Waals surface area contributed by atoms with Gasteiger partial charge in [0.2, 0.25) is 0 Å². The number of nitrogens with zero attached hydrogens (tertiary/aromatic N) is 3. The van der Waals surface area contributed by atoms with Crippen LogP contribution in [-0.4, -0.2) is 73.9 Å². The molecule has 0 radical (unpaired) electrons. The number of benzene rings is 1. The van der Waals surface area contributed by atoms with Crippen molar-refractivity contribution in [2.75, 3.05) is 51.8 Å². The first-order valence-electron chi connectivity index (χ1n) is 7.50. The number of carboxylic acids is 1. The molecule has 1 aliphatic rings. The predicted molar refractivity (Wildman–Crippen MR) is 86.7 cm³/mol. The zero-order valence-electron chi connectivity index (χ0n) is 13.7. The van der Waals surface area contributed by atoms with Crippen LogP contribution in [0.1, 0.15) is 0 Å². The molecule has 24 heavy (non-hydrogen) atoms. The number of morpholine rings is 1. The molecule has 0 aliphatic carbocycles. The Balaban J connectivity index is 2.15. The number of likely N-dealkylation sites (N-methyl/N-ethyl adjacent to an activating group) is 1. The minimum absolute atomic E-state index is 0.0699. The summed E-state index contributed by atoms with van der Waals surface area (Å²) in [7, 11) is 3.10. The monoisotopic (exact) mass is 339 g/mol. The van der Waals surface area contributed by atoms with E-state index < -0.39 is 10.9 Å². The van der Waals surface area contributed by atoms with Crippen LogP contribution in [0.2, 0.25) is 0 Å². The van der Waals surface area contributed by atoms with Gasteiger partial charge in [-0.05, 0) is 19.2 Å². The predicted octanol–water partition coefficient (Wildman–Crippen LogP) is 0.825. The molecule has 1 aliphatic heterocycles. The fraction of sp³-hybridized carbons (Fsp3) is 0.533. The van der Waals surface area contributed by atoms with E-state index in [1.807, 2.05) is 4.90 Å². The number of carboxylic acid groups (broad SMARTS) is 1. The van der Waals surface area contributed by atoms with E-state index in [4.69, 9.17) is 14.6 Å². The van der Waals surface area contributed by atoms with Crippen LogP contribution in [0.4, 0.5) is 11.4 Å². The van der Waals surface area contributed by atoms with E-state index in [1.54, 1.807) is 30.1 Å². The first kappa shape index (κ1) is 18.0. The van der Waals surface area contributed by atoms with Crippen molar-refractivity contribution in [1.29, 1.82) is 0 Å². The molecule has 0 bridgehead atoms. The second-order valence-corrected chi connectivity index (χ2v) is 5.61. The highest BCUT2D eigenvalue weighted by Crippen LogP contribution is 2.37. The number of hydrogen-bond donors (Lipinski definition) is 1. The van der Waals surface area contributed by atoms with Crippen LogP contribution in [0.5, 0.6) is 5.75 Å². The molecule has 0 aromatic heterocycles. The van der Waals surface area contributed by atoms with Gasteiger partial charge in [0.05, 0.1) is 31.3 Å². The highest BCUT2D eigenvalue weighted by molar-refractivity contribution is 5.70. The van der Waals surface area contributed by atoms with Gasteiger partial charge in [0.15, 0.2) is 5.75 Å². The topological polar surface area (TPSA) is 105 Å². The van der Waals surface area contributed by atoms with Crippen molar-refractivity contribution in [2.24, 2.45) is 0 Å². The van der Waals surface area contributed by atoms with Gasteiger partial charge in [-0.3, -0.25) is 19.8 Å². The molecular formula is C15H21N3O6. The number of hydrogen-bond acceptors (Lipinski definition) is 7. The summed E-state index contributed by atoms with van der Waals surface area (Å²) in [6.45, 7) is 1.73. The van der Waals surface area contributed by atoms with E-state index in [-0.39, 0.29) is 24.1 Å². The van der Waals surface area contributed by atoms with Gasteiger partial charge in [-0.15, -0.1) is 0 Å². The molecule has 0 amide bonds. The van der Waals surface area contributed by atoms with Crippen LogP contribution >= 0.6 is 0 Å². The highest BCUT2D eigenvalue weighted by atomic mass is 16.6. The average molecular weight is 339 g/mol. The fourth-order valence-corrected chi connectivity index (χ4v) is 2.81. The summed E-state index contributed by atoms with van der Waals surface area (Å²) >= 11 is 0. The molecule has 1 atom stereocenters. The van der Waals surface area contributed by atoms with E-state index in [0.717, 1.165) is 0 Å². The second kappa shape index (κ2) is 7.93. The Kier molecular flexibility index (Phi) is 5.93. The number of rotatable bonds is 7. The molecule has 1 aromatic carbocycles. The quantitative estimate of drug-likeness (QED) is 0.575. The number of nitro groups is 1. The summed E-state index contributed by atoms with van der Waals surface area (Å²) in [4.78, 5) is 25.2. The Morgan fingerprint density at radius 3 is 2.96 bits per heavy atom. The molecule has 1 N–H and O–H groups in total. The highest BCUT2D eigenvalue weighted by Gasteiger charge is 2.29. The summed E-state index contributed by atoms with van der Waals surface area (Å²) in [6.07, 6.45) is -0.228. The third-order valence-electron chi connectivity index (χ3n) is 3.78. The summed E-state index contributed by atoms with van der Waals surface area (Å²) in [5.74, 6) is -0.697. The molecule has 1 unspecified atom stereocenters. The summed E-state index contributed by atoms with van der Waals surface area (Å²) in [5, 5.41) is 20.2. The van der Waals surface area contributed by atoms with Gasteiger partial charge in [-0.1, -0.05) is 6.07 Å². The SMILES string of the molecule is COc1cccc(N2CCOC(CN(C)CC(=O)O)C2)c1[N+](=O)[O-]. The summed E-state index contributed by atoms with van der Waals surface area (Å²) in [5.41, 5.74) is 0.410. The fourth-order valence-electron chi connectivity index (χ4n) is 2.81. The van der Waals surface area contributed by atoms with Gasteiger partial charge in [0.1, 0.15) is 5.69 Å². The number of para-hydroxylation sites is 1. The molecule has 132 valence electrons. The number of aliphatic carboxylic acids is 1. The zero-order valence-corrected chi connectivity index (χ0v) is 13.7. The molecular weight excluding hydrogens is 318 g/mol. The van der Waals surface area contributed by atoms with Crippen molar-refractivity contribution in [2.45, 2.75) is 6.10 Å². The van der Waals surface area contributed by atoms with Gasteiger partial charge in [-0.2, -0.15) is 0 Å². The molecule has 1 aromatic rings. The van der Waals surface area contributed by atoms with Crippen LogP contribution in [0.25, 0.3) is 0 Å². The van der Waals surface area contributed by atoms with Crippen LogP contribution < -0.4 is 9.64 Å². The smallest absolute Gasteiger partial charge is 0.333 e. The summed E-state index contributed by atoms with van der Waals surface area (Å²) in [6, 6.07) is 4.95. The van der Waals surface area contributed by atoms with Crippen LogP contribution in [-0.2, 0) is 9.53 Å². The van der Waals surface area contributed by atoms with Gasteiger partial charge in [0, 0.05) is 19.6 Å². The van der Waals surface area contributed by atoms with Crippen molar-refractivity contribution >= 4 is 17.3 Å². The number of methoxy groups -OCH3 is 1. The lowest BCUT2D eigenvalue weighted by Crippen LogP contribution is -2.47. The molecule has 2 rings (SSSR count). The minimum Gasteiger partial charge on any atom is -0.490 e. The lowest BCUT2D eigenvalue weighted by molar-refractivity contribution is -0.385. The summed E-state index contributed by atoms with van der Waals surface area (Å²) < 4.78 is 10.8. The van der Waals surface area contributed by atoms with Crippen molar-refractivity contribution in [1.82, 2.24) is 4.90 Å². The van der Waals surface area contributed by atoms with E-state index in [9.17, 15) is 14.9 Å². The lowest BCUT2D eigenvalue weighted by Gasteiger charge is -2.35. The maximum atomic E-state index is 11.4. The second-order valence-electron chi connectivity index (χ2n) is 5.61. The molecule has 9 heteroatoms. The third-order valence-corrected chi connectivity index (χ3v) is 3.78. The van der Waals surface area contributed by atoms with Crippen molar-refractivity contribution < 1.29 is 24.3 Å². The number of anilines is 1. The van der Waals surface area contributed by atoms with E-state index in [1.165, 1.54) is 7.11 Å². The van der Waals surface area contributed by atoms with Gasteiger partial charge >= 0.3 is 11.7 Å². The first-order chi connectivity index (χ1) is 11.4. The van der Waals surface area contributed by atoms with Gasteiger partial charge < -0.3 is 19.5 Å². The normalized spacial score (nSPS) is 17.8. The molecule has 0 saturated carbocycles. The molecule has 1 fully saturated rings. The Morgan fingerprint density at radius 2 is 2.33 bits per heavy atom. The third kappa shape index (κ3) is 4.33. The van der Waals surface area contributed by atoms with Gasteiger partial charge in [0.25, 0.3) is 0 Å². The molecule has 0 spiro atoms. The van der Waals surface area contributed by atoms with Crippen molar-refractivity contribution in [3.05, 3.63) is 28.3 Å². The maximum absolute atomic E-state index is 11.4. The molecule has 1 heterocycles. The first-order valence-corrected chi connectivity index (χ1v) is 7.50. The van der Waals surface area contributed by atoms with E-state index >= 15 is 0 Å². The minimum atomic E-state index is -0.909. The number of nitro benzene ring substituents is 1. The van der Waals surface area contributed by atoms with E-state index in [2.05, 4.69) is 0 Å². The van der Waals surface area contributed by atoms with Crippen LogP contribution in [0, 0.1) is 10.1 Å². The largest absolute Gasteiger partial charge is 0.490 e. The van der Waals surface area contributed by atoms with Crippen molar-refractivity contribution in [3.63, 3.8) is 0 Å². The molecule has 9 nitrogen and oxygen atoms in total. The van der Waals surface area contributed by atoms with E-state index in [0.29, 0.717) is 31.9 Å². The van der Waals surface area contributed by atoms with Crippen LogP contribution in [0.3, 0.4) is 0 Å². The molecule has 1 saturated heterocycles. The zero-order chi connectivity index (χ0) is 17.7.